The van der Waals surface area contributed by atoms with Crippen LogP contribution in [0.15, 0.2) is 54.1 Å². The van der Waals surface area contributed by atoms with E-state index in [0.29, 0.717) is 12.1 Å². The van der Waals surface area contributed by atoms with Gasteiger partial charge in [-0.1, -0.05) is 24.3 Å². The van der Waals surface area contributed by atoms with Gasteiger partial charge in [0, 0.05) is 26.3 Å². The molecule has 24 heavy (non-hydrogen) atoms. The number of hydrogen-bond donors (Lipinski definition) is 2. The number of rotatable bonds is 5. The third-order valence-electron chi connectivity index (χ3n) is 3.45. The summed E-state index contributed by atoms with van der Waals surface area (Å²) in [5, 5.41) is 21.3. The number of phenolic OH excluding ortho intramolecular Hbond substituents is 1. The normalized spacial score (nSPS) is 10.8. The van der Waals surface area contributed by atoms with Crippen molar-refractivity contribution >= 4 is 17.7 Å². The van der Waals surface area contributed by atoms with Crippen LogP contribution in [0.25, 0.3) is 6.08 Å². The topological polar surface area (TPSA) is 76.4 Å². The van der Waals surface area contributed by atoms with Gasteiger partial charge >= 0.3 is 0 Å². The molecule has 0 saturated heterocycles. The van der Waals surface area contributed by atoms with Crippen molar-refractivity contribution in [2.24, 2.45) is 0 Å². The molecule has 0 aromatic heterocycles. The van der Waals surface area contributed by atoms with Crippen LogP contribution in [0.2, 0.25) is 0 Å². The number of aromatic hydroxyl groups is 1. The molecule has 5 heteroatoms. The molecule has 0 spiro atoms. The zero-order valence-electron chi connectivity index (χ0n) is 13.7. The predicted molar refractivity (Wildman–Crippen MR) is 94.3 cm³/mol. The highest BCUT2D eigenvalue weighted by Gasteiger charge is 2.09. The van der Waals surface area contributed by atoms with E-state index in [1.54, 1.807) is 12.1 Å². The van der Waals surface area contributed by atoms with E-state index in [9.17, 15) is 15.2 Å². The molecule has 2 aromatic carbocycles. The van der Waals surface area contributed by atoms with Crippen LogP contribution < -0.4 is 10.2 Å². The highest BCUT2D eigenvalue weighted by Crippen LogP contribution is 2.15. The molecule has 2 N–H and O–H groups in total. The van der Waals surface area contributed by atoms with Crippen molar-refractivity contribution in [3.05, 3.63) is 65.2 Å². The van der Waals surface area contributed by atoms with E-state index in [1.165, 1.54) is 18.2 Å². The van der Waals surface area contributed by atoms with Crippen LogP contribution in [0.3, 0.4) is 0 Å². The zero-order valence-corrected chi connectivity index (χ0v) is 13.7. The first-order valence-corrected chi connectivity index (χ1v) is 7.45. The van der Waals surface area contributed by atoms with Crippen LogP contribution in [0.5, 0.6) is 5.75 Å². The smallest absolute Gasteiger partial charge is 0.262 e. The van der Waals surface area contributed by atoms with Crippen LogP contribution >= 0.6 is 0 Å². The predicted octanol–water partition coefficient (Wildman–Crippen LogP) is 2.68. The Hall–Kier alpha value is -3.26. The van der Waals surface area contributed by atoms with E-state index in [-0.39, 0.29) is 11.3 Å². The van der Waals surface area contributed by atoms with Gasteiger partial charge in [0.2, 0.25) is 0 Å². The Morgan fingerprint density at radius 2 is 1.96 bits per heavy atom. The Labute approximate surface area is 141 Å². The third-order valence-corrected chi connectivity index (χ3v) is 3.45. The van der Waals surface area contributed by atoms with Gasteiger partial charge in [-0.2, -0.15) is 5.26 Å². The maximum absolute atomic E-state index is 12.1. The van der Waals surface area contributed by atoms with E-state index < -0.39 is 5.91 Å². The average Bonchev–Trinajstić information content (AvgIpc) is 2.58. The van der Waals surface area contributed by atoms with Gasteiger partial charge in [0.1, 0.15) is 17.4 Å². The number of hydrogen-bond acceptors (Lipinski definition) is 4. The molecule has 0 saturated carbocycles. The standard InChI is InChI=1S/C19H19N3O2/c1-22(2)17-8-6-14(7-9-17)13-21-19(24)16(12-20)10-15-4-3-5-18(23)11-15/h3-11,23H,13H2,1-2H3,(H,21,24). The average molecular weight is 321 g/mol. The number of nitriles is 1. The molecule has 2 rings (SSSR count). The van der Waals surface area contributed by atoms with Gasteiger partial charge in [0.05, 0.1) is 0 Å². The second kappa shape index (κ2) is 7.84. The summed E-state index contributed by atoms with van der Waals surface area (Å²) in [6.45, 7) is 0.339. The monoisotopic (exact) mass is 321 g/mol. The van der Waals surface area contributed by atoms with Crippen LogP contribution in [0.4, 0.5) is 5.69 Å². The lowest BCUT2D eigenvalue weighted by Gasteiger charge is -2.12. The number of nitrogens with one attached hydrogen (secondary N) is 1. The van der Waals surface area contributed by atoms with Crippen molar-refractivity contribution in [3.8, 4) is 11.8 Å². The second-order valence-corrected chi connectivity index (χ2v) is 5.51. The summed E-state index contributed by atoms with van der Waals surface area (Å²) in [6, 6.07) is 16.1. The number of amides is 1. The minimum atomic E-state index is -0.447. The summed E-state index contributed by atoms with van der Waals surface area (Å²) in [4.78, 5) is 14.1. The van der Waals surface area contributed by atoms with E-state index in [1.807, 2.05) is 49.3 Å². The molecule has 0 bridgehead atoms. The molecular formula is C19H19N3O2. The summed E-state index contributed by atoms with van der Waals surface area (Å²) < 4.78 is 0. The fourth-order valence-electron chi connectivity index (χ4n) is 2.12. The van der Waals surface area contributed by atoms with Crippen LogP contribution in [0.1, 0.15) is 11.1 Å². The summed E-state index contributed by atoms with van der Waals surface area (Å²) in [7, 11) is 3.92. The molecule has 5 nitrogen and oxygen atoms in total. The molecule has 0 aliphatic carbocycles. The largest absolute Gasteiger partial charge is 0.508 e. The van der Waals surface area contributed by atoms with Gasteiger partial charge in [0.25, 0.3) is 5.91 Å². The minimum absolute atomic E-state index is 0.00879. The molecule has 0 radical (unpaired) electrons. The lowest BCUT2D eigenvalue weighted by atomic mass is 10.1. The highest BCUT2D eigenvalue weighted by molar-refractivity contribution is 6.01. The number of carbonyl (C=O) groups excluding carboxylic acids is 1. The van der Waals surface area contributed by atoms with Crippen LogP contribution in [-0.4, -0.2) is 25.1 Å². The van der Waals surface area contributed by atoms with Crippen molar-refractivity contribution < 1.29 is 9.90 Å². The van der Waals surface area contributed by atoms with Crippen LogP contribution in [0, 0.1) is 11.3 Å². The highest BCUT2D eigenvalue weighted by atomic mass is 16.3. The van der Waals surface area contributed by atoms with Crippen molar-refractivity contribution in [1.29, 1.82) is 5.26 Å². The van der Waals surface area contributed by atoms with Crippen molar-refractivity contribution in [3.63, 3.8) is 0 Å². The Bertz CT molecular complexity index is 787. The van der Waals surface area contributed by atoms with Gasteiger partial charge in [-0.25, -0.2) is 0 Å². The lowest BCUT2D eigenvalue weighted by Crippen LogP contribution is -2.24. The molecule has 0 aliphatic heterocycles. The number of nitrogens with zero attached hydrogens (tertiary/aromatic N) is 2. The molecule has 0 unspecified atom stereocenters. The fraction of sp³-hybridized carbons (Fsp3) is 0.158. The van der Waals surface area contributed by atoms with Gasteiger partial charge in [-0.3, -0.25) is 4.79 Å². The molecular weight excluding hydrogens is 302 g/mol. The summed E-state index contributed by atoms with van der Waals surface area (Å²) in [5.74, 6) is -0.361. The van der Waals surface area contributed by atoms with Gasteiger partial charge < -0.3 is 15.3 Å². The third kappa shape index (κ3) is 4.62. The van der Waals surface area contributed by atoms with Crippen molar-refractivity contribution in [2.45, 2.75) is 6.54 Å². The van der Waals surface area contributed by atoms with Gasteiger partial charge in [0.15, 0.2) is 0 Å². The first-order chi connectivity index (χ1) is 11.5. The fourth-order valence-corrected chi connectivity index (χ4v) is 2.12. The Morgan fingerprint density at radius 3 is 2.54 bits per heavy atom. The first-order valence-electron chi connectivity index (χ1n) is 7.45. The first kappa shape index (κ1) is 17.1. The minimum Gasteiger partial charge on any atom is -0.508 e. The number of carbonyl (C=O) groups is 1. The van der Waals surface area contributed by atoms with Crippen molar-refractivity contribution in [1.82, 2.24) is 5.32 Å². The molecule has 0 heterocycles. The molecule has 0 fully saturated rings. The molecule has 0 aliphatic rings. The second-order valence-electron chi connectivity index (χ2n) is 5.51. The van der Waals surface area contributed by atoms with E-state index in [4.69, 9.17) is 0 Å². The Kier molecular flexibility index (Phi) is 5.58. The maximum atomic E-state index is 12.1. The number of anilines is 1. The summed E-state index contributed by atoms with van der Waals surface area (Å²) in [6.07, 6.45) is 1.45. The van der Waals surface area contributed by atoms with Crippen molar-refractivity contribution in [2.75, 3.05) is 19.0 Å². The van der Waals surface area contributed by atoms with Gasteiger partial charge in [-0.05, 0) is 41.5 Å². The molecule has 0 atom stereocenters. The molecule has 2 aromatic rings. The quantitative estimate of drug-likeness (QED) is 0.656. The summed E-state index contributed by atoms with van der Waals surface area (Å²) in [5.41, 5.74) is 2.61. The van der Waals surface area contributed by atoms with E-state index >= 15 is 0 Å². The van der Waals surface area contributed by atoms with Crippen LogP contribution in [-0.2, 0) is 11.3 Å². The Morgan fingerprint density at radius 1 is 1.25 bits per heavy atom. The van der Waals surface area contributed by atoms with Gasteiger partial charge in [-0.15, -0.1) is 0 Å². The number of phenols is 1. The number of benzene rings is 2. The zero-order chi connectivity index (χ0) is 17.5. The molecule has 122 valence electrons. The van der Waals surface area contributed by atoms with E-state index in [2.05, 4.69) is 5.32 Å². The summed E-state index contributed by atoms with van der Waals surface area (Å²) >= 11 is 0. The lowest BCUT2D eigenvalue weighted by molar-refractivity contribution is -0.117. The SMILES string of the molecule is CN(C)c1ccc(CNC(=O)C(C#N)=Cc2cccc(O)c2)cc1. The molecule has 1 amide bonds. The Balaban J connectivity index is 2.03. The maximum Gasteiger partial charge on any atom is 0.262 e. The van der Waals surface area contributed by atoms with E-state index in [0.717, 1.165) is 11.3 Å².